The van der Waals surface area contributed by atoms with Gasteiger partial charge < -0.3 is 8.83 Å². The molecule has 0 N–H and O–H groups in total. The van der Waals surface area contributed by atoms with Gasteiger partial charge in [0, 0.05) is 35.9 Å². The molecular formula is C34H20N6O2. The van der Waals surface area contributed by atoms with Crippen LogP contribution in [0.2, 0.25) is 0 Å². The molecule has 4 aromatic heterocycles. The van der Waals surface area contributed by atoms with Gasteiger partial charge in [0.15, 0.2) is 36.0 Å². The molecule has 0 aliphatic carbocycles. The summed E-state index contributed by atoms with van der Waals surface area (Å²) in [5.74, 6) is 2.45. The van der Waals surface area contributed by atoms with Crippen molar-refractivity contribution < 1.29 is 8.83 Å². The molecule has 198 valence electrons. The average molecular weight is 545 g/mol. The Morgan fingerprint density at radius 1 is 0.405 bits per heavy atom. The summed E-state index contributed by atoms with van der Waals surface area (Å²) in [6, 6.07) is 25.0. The van der Waals surface area contributed by atoms with Crippen LogP contribution in [0.5, 0.6) is 0 Å². The zero-order chi connectivity index (χ0) is 27.9. The van der Waals surface area contributed by atoms with E-state index >= 15 is 0 Å². The van der Waals surface area contributed by atoms with Gasteiger partial charge in [-0.3, -0.25) is 0 Å². The third kappa shape index (κ3) is 4.01. The Bertz CT molecular complexity index is 2160. The van der Waals surface area contributed by atoms with Gasteiger partial charge in [-0.25, -0.2) is 29.9 Å². The molecule has 8 nitrogen and oxygen atoms in total. The summed E-state index contributed by atoms with van der Waals surface area (Å²) >= 11 is 0. The standard InChI is InChI=1S/C34H20N6O2/c1-2-6-21(7-3-1)22-10-11-27-28(12-22)32(34-39-15-24(16-40-34)30-18-36-20-42-30)26-9-5-4-8-25(26)31(27)33-37-13-23(14-38-33)29-17-35-19-41-29/h1-20H. The Kier molecular flexibility index (Phi) is 5.60. The van der Waals surface area contributed by atoms with Crippen molar-refractivity contribution in [2.45, 2.75) is 0 Å². The second kappa shape index (κ2) is 9.87. The summed E-state index contributed by atoms with van der Waals surface area (Å²) in [6.45, 7) is 0. The first-order chi connectivity index (χ1) is 20.8. The number of fused-ring (bicyclic) bond motifs is 2. The monoisotopic (exact) mass is 544 g/mol. The van der Waals surface area contributed by atoms with E-state index in [9.17, 15) is 0 Å². The minimum Gasteiger partial charge on any atom is -0.443 e. The quantitative estimate of drug-likeness (QED) is 0.202. The molecule has 0 aliphatic rings. The van der Waals surface area contributed by atoms with Crippen molar-refractivity contribution in [2.75, 3.05) is 0 Å². The number of rotatable bonds is 5. The van der Waals surface area contributed by atoms with E-state index in [-0.39, 0.29) is 0 Å². The lowest BCUT2D eigenvalue weighted by Gasteiger charge is -2.17. The molecule has 8 aromatic rings. The molecular weight excluding hydrogens is 524 g/mol. The third-order valence-electron chi connectivity index (χ3n) is 7.32. The first-order valence-corrected chi connectivity index (χ1v) is 13.3. The minimum atomic E-state index is 0.609. The third-order valence-corrected chi connectivity index (χ3v) is 7.32. The van der Waals surface area contributed by atoms with Crippen molar-refractivity contribution in [2.24, 2.45) is 0 Å². The molecule has 0 unspecified atom stereocenters. The van der Waals surface area contributed by atoms with E-state index < -0.39 is 0 Å². The molecule has 0 aliphatic heterocycles. The molecule has 8 heteroatoms. The lowest BCUT2D eigenvalue weighted by atomic mass is 9.89. The van der Waals surface area contributed by atoms with Gasteiger partial charge in [-0.15, -0.1) is 0 Å². The van der Waals surface area contributed by atoms with Crippen molar-refractivity contribution in [1.29, 1.82) is 0 Å². The lowest BCUT2D eigenvalue weighted by molar-refractivity contribution is 0.571. The topological polar surface area (TPSA) is 104 Å². The average Bonchev–Trinajstić information content (AvgIpc) is 3.80. The molecule has 0 spiro atoms. The Balaban J connectivity index is 1.40. The maximum atomic E-state index is 5.45. The predicted molar refractivity (Wildman–Crippen MR) is 160 cm³/mol. The van der Waals surface area contributed by atoms with E-state index in [0.29, 0.717) is 23.2 Å². The fraction of sp³-hybridized carbons (Fsp3) is 0. The molecule has 4 heterocycles. The van der Waals surface area contributed by atoms with Crippen LogP contribution in [0.25, 0.3) is 78.1 Å². The number of aromatic nitrogens is 6. The highest BCUT2D eigenvalue weighted by Crippen LogP contribution is 2.43. The van der Waals surface area contributed by atoms with Gasteiger partial charge in [-0.2, -0.15) is 0 Å². The van der Waals surface area contributed by atoms with E-state index in [4.69, 9.17) is 28.8 Å². The number of oxazole rings is 2. The highest BCUT2D eigenvalue weighted by Gasteiger charge is 2.20. The number of hydrogen-bond acceptors (Lipinski definition) is 8. The molecule has 0 fully saturated rings. The van der Waals surface area contributed by atoms with Crippen LogP contribution in [0, 0.1) is 0 Å². The zero-order valence-electron chi connectivity index (χ0n) is 22.0. The van der Waals surface area contributed by atoms with Gasteiger partial charge in [0.05, 0.1) is 23.5 Å². The van der Waals surface area contributed by atoms with Crippen molar-refractivity contribution >= 4 is 21.5 Å². The maximum Gasteiger partial charge on any atom is 0.181 e. The van der Waals surface area contributed by atoms with Gasteiger partial charge in [-0.1, -0.05) is 66.7 Å². The molecule has 0 radical (unpaired) electrons. The van der Waals surface area contributed by atoms with Crippen molar-refractivity contribution in [1.82, 2.24) is 29.9 Å². The van der Waals surface area contributed by atoms with Gasteiger partial charge in [0.2, 0.25) is 0 Å². The van der Waals surface area contributed by atoms with Gasteiger partial charge in [-0.05, 0) is 38.7 Å². The molecule has 0 atom stereocenters. The first-order valence-electron chi connectivity index (χ1n) is 13.3. The summed E-state index contributed by atoms with van der Waals surface area (Å²) in [6.07, 6.45) is 13.2. The van der Waals surface area contributed by atoms with Crippen LogP contribution >= 0.6 is 0 Å². The van der Waals surface area contributed by atoms with E-state index in [0.717, 1.165) is 54.9 Å². The van der Waals surface area contributed by atoms with Crippen molar-refractivity contribution in [3.05, 3.63) is 123 Å². The summed E-state index contributed by atoms with van der Waals surface area (Å²) in [5, 5.41) is 4.00. The van der Waals surface area contributed by atoms with E-state index in [1.807, 2.05) is 30.3 Å². The summed E-state index contributed by atoms with van der Waals surface area (Å²) in [4.78, 5) is 27.2. The summed E-state index contributed by atoms with van der Waals surface area (Å²) in [5.41, 5.74) is 5.59. The van der Waals surface area contributed by atoms with Gasteiger partial charge in [0.25, 0.3) is 0 Å². The maximum absolute atomic E-state index is 5.45. The molecule has 0 bridgehead atoms. The van der Waals surface area contributed by atoms with Gasteiger partial charge in [0.1, 0.15) is 0 Å². The Labute approximate surface area is 239 Å². The first kappa shape index (κ1) is 23.8. The largest absolute Gasteiger partial charge is 0.443 e. The van der Waals surface area contributed by atoms with Crippen LogP contribution in [0.1, 0.15) is 0 Å². The highest BCUT2D eigenvalue weighted by molar-refractivity contribution is 6.20. The van der Waals surface area contributed by atoms with Crippen LogP contribution in [0.3, 0.4) is 0 Å². The highest BCUT2D eigenvalue weighted by atomic mass is 16.3. The van der Waals surface area contributed by atoms with E-state index in [1.165, 1.54) is 12.8 Å². The second-order valence-corrected chi connectivity index (χ2v) is 9.74. The fourth-order valence-corrected chi connectivity index (χ4v) is 5.36. The molecule has 0 saturated heterocycles. The van der Waals surface area contributed by atoms with Crippen molar-refractivity contribution in [3.8, 4) is 56.6 Å². The Morgan fingerprint density at radius 3 is 1.43 bits per heavy atom. The van der Waals surface area contributed by atoms with Crippen LogP contribution in [-0.4, -0.2) is 29.9 Å². The molecule has 4 aromatic carbocycles. The minimum absolute atomic E-state index is 0.609. The van der Waals surface area contributed by atoms with Crippen LogP contribution < -0.4 is 0 Å². The number of hydrogen-bond donors (Lipinski definition) is 0. The molecule has 42 heavy (non-hydrogen) atoms. The number of nitrogens with zero attached hydrogens (tertiary/aromatic N) is 6. The zero-order valence-corrected chi connectivity index (χ0v) is 22.0. The summed E-state index contributed by atoms with van der Waals surface area (Å²) in [7, 11) is 0. The SMILES string of the molecule is c1ccc(-c2ccc3c(-c4ncc(-c5cnco5)cn4)c4ccccc4c(-c4ncc(-c5cnco5)cn4)c3c2)cc1. The molecule has 0 saturated carbocycles. The second-order valence-electron chi connectivity index (χ2n) is 9.74. The molecule has 8 rings (SSSR count). The number of benzene rings is 4. The van der Waals surface area contributed by atoms with Crippen LogP contribution in [0.4, 0.5) is 0 Å². The lowest BCUT2D eigenvalue weighted by Crippen LogP contribution is -1.97. The van der Waals surface area contributed by atoms with Crippen molar-refractivity contribution in [3.63, 3.8) is 0 Å². The summed E-state index contributed by atoms with van der Waals surface area (Å²) < 4.78 is 10.9. The van der Waals surface area contributed by atoms with E-state index in [2.05, 4.69) is 52.4 Å². The Morgan fingerprint density at radius 2 is 0.905 bits per heavy atom. The Hall–Kier alpha value is -6.02. The van der Waals surface area contributed by atoms with Crippen LogP contribution in [-0.2, 0) is 0 Å². The van der Waals surface area contributed by atoms with E-state index in [1.54, 1.807) is 37.2 Å². The molecule has 0 amide bonds. The predicted octanol–water partition coefficient (Wildman–Crippen LogP) is 7.88. The van der Waals surface area contributed by atoms with Crippen LogP contribution in [0.15, 0.2) is 132 Å². The fourth-order valence-electron chi connectivity index (χ4n) is 5.36. The smallest absolute Gasteiger partial charge is 0.181 e. The van der Waals surface area contributed by atoms with Gasteiger partial charge >= 0.3 is 0 Å². The normalized spacial score (nSPS) is 11.3.